The molecule has 29 heavy (non-hydrogen) atoms. The highest BCUT2D eigenvalue weighted by atomic mass is 32.2. The van der Waals surface area contributed by atoms with Gasteiger partial charge in [0.25, 0.3) is 5.91 Å². The van der Waals surface area contributed by atoms with E-state index in [2.05, 4.69) is 4.98 Å². The summed E-state index contributed by atoms with van der Waals surface area (Å²) in [5.41, 5.74) is 1.54. The number of carbonyl (C=O) groups is 1. The minimum Gasteiger partial charge on any atom is -0.377 e. The average Bonchev–Trinajstić information content (AvgIpc) is 3.56. The predicted octanol–water partition coefficient (Wildman–Crippen LogP) is 1.51. The van der Waals surface area contributed by atoms with Crippen LogP contribution >= 0.6 is 0 Å². The van der Waals surface area contributed by atoms with E-state index in [1.54, 1.807) is 35.4 Å². The molecule has 9 heteroatoms. The van der Waals surface area contributed by atoms with Crippen LogP contribution in [0.1, 0.15) is 30.1 Å². The van der Waals surface area contributed by atoms with E-state index in [4.69, 9.17) is 9.72 Å². The first-order valence-corrected chi connectivity index (χ1v) is 11.6. The molecule has 1 aromatic carbocycles. The summed E-state index contributed by atoms with van der Waals surface area (Å²) in [4.78, 5) is 26.6. The van der Waals surface area contributed by atoms with Gasteiger partial charge in [0.1, 0.15) is 17.6 Å². The first-order chi connectivity index (χ1) is 13.9. The summed E-state index contributed by atoms with van der Waals surface area (Å²) in [7, 11) is -3.26. The van der Waals surface area contributed by atoms with E-state index in [1.165, 1.54) is 6.26 Å². The molecule has 2 fully saturated rings. The molecule has 2 aromatic rings. The number of rotatable bonds is 4. The van der Waals surface area contributed by atoms with Gasteiger partial charge in [0, 0.05) is 18.7 Å². The summed E-state index contributed by atoms with van der Waals surface area (Å²) in [5, 5.41) is 0. The van der Waals surface area contributed by atoms with E-state index in [9.17, 15) is 13.2 Å². The second-order valence-electron chi connectivity index (χ2n) is 7.84. The van der Waals surface area contributed by atoms with Crippen molar-refractivity contribution in [1.29, 1.82) is 0 Å². The van der Waals surface area contributed by atoms with Crippen molar-refractivity contribution in [2.24, 2.45) is 0 Å². The summed E-state index contributed by atoms with van der Waals surface area (Å²) in [6.45, 7) is 1.86. The first-order valence-electron chi connectivity index (χ1n) is 9.73. The van der Waals surface area contributed by atoms with Crippen molar-refractivity contribution in [2.45, 2.75) is 36.2 Å². The van der Waals surface area contributed by atoms with Gasteiger partial charge in [0.15, 0.2) is 15.7 Å². The lowest BCUT2D eigenvalue weighted by Crippen LogP contribution is -2.59. The Morgan fingerprint density at radius 3 is 2.66 bits per heavy atom. The van der Waals surface area contributed by atoms with Crippen molar-refractivity contribution in [3.8, 4) is 0 Å². The summed E-state index contributed by atoms with van der Waals surface area (Å²) >= 11 is 0. The van der Waals surface area contributed by atoms with Gasteiger partial charge in [0.05, 0.1) is 30.9 Å². The van der Waals surface area contributed by atoms with Gasteiger partial charge < -0.3 is 14.5 Å². The molecule has 0 bridgehead atoms. The molecule has 0 radical (unpaired) electrons. The van der Waals surface area contributed by atoms with Crippen LogP contribution in [0.25, 0.3) is 0 Å². The van der Waals surface area contributed by atoms with E-state index in [0.717, 1.165) is 30.0 Å². The molecule has 3 heterocycles. The summed E-state index contributed by atoms with van der Waals surface area (Å²) < 4.78 is 29.0. The number of carbonyl (C=O) groups excluding carboxylic acids is 1. The monoisotopic (exact) mass is 414 g/mol. The van der Waals surface area contributed by atoms with Crippen molar-refractivity contribution >= 4 is 27.2 Å². The maximum atomic E-state index is 13.2. The normalized spacial score (nSPS) is 21.7. The van der Waals surface area contributed by atoms with Crippen molar-refractivity contribution in [3.05, 3.63) is 41.9 Å². The smallest absolute Gasteiger partial charge is 0.252 e. The molecule has 8 nitrogen and oxygen atoms in total. The van der Waals surface area contributed by atoms with E-state index < -0.39 is 15.9 Å². The number of aromatic nitrogens is 2. The number of sulfone groups is 1. The lowest BCUT2D eigenvalue weighted by Gasteiger charge is -2.44. The van der Waals surface area contributed by atoms with Gasteiger partial charge in [-0.1, -0.05) is 12.1 Å². The predicted molar refractivity (Wildman–Crippen MR) is 107 cm³/mol. The third-order valence-electron chi connectivity index (χ3n) is 5.65. The highest BCUT2D eigenvalue weighted by molar-refractivity contribution is 7.90. The third kappa shape index (κ3) is 3.38. The number of anilines is 2. The summed E-state index contributed by atoms with van der Waals surface area (Å²) in [5.74, 6) is 2.02. The molecule has 0 spiro atoms. The second kappa shape index (κ2) is 6.77. The number of benzene rings is 1. The fraction of sp³-hybridized carbons (Fsp3) is 0.450. The van der Waals surface area contributed by atoms with Crippen LogP contribution in [0.4, 0.5) is 11.5 Å². The lowest BCUT2D eigenvalue weighted by atomic mass is 10.1. The van der Waals surface area contributed by atoms with Gasteiger partial charge in [-0.05, 0) is 30.5 Å². The van der Waals surface area contributed by atoms with Gasteiger partial charge in [-0.25, -0.2) is 18.4 Å². The number of hydrogen-bond acceptors (Lipinski definition) is 7. The van der Waals surface area contributed by atoms with Crippen LogP contribution in [-0.2, 0) is 25.9 Å². The number of hydrogen-bond donors (Lipinski definition) is 0. The van der Waals surface area contributed by atoms with E-state index in [1.807, 2.05) is 4.90 Å². The zero-order chi connectivity index (χ0) is 20.2. The molecular weight excluding hydrogens is 392 g/mol. The Morgan fingerprint density at radius 1 is 1.21 bits per heavy atom. The van der Waals surface area contributed by atoms with Crippen LogP contribution in [0.5, 0.6) is 0 Å². The Balaban J connectivity index is 1.51. The molecule has 1 aromatic heterocycles. The minimum atomic E-state index is -3.26. The molecule has 1 saturated carbocycles. The highest BCUT2D eigenvalue weighted by Crippen LogP contribution is 2.42. The molecule has 1 unspecified atom stereocenters. The van der Waals surface area contributed by atoms with Gasteiger partial charge in [-0.15, -0.1) is 0 Å². The number of amides is 1. The van der Waals surface area contributed by atoms with Crippen molar-refractivity contribution in [3.63, 3.8) is 0 Å². The minimum absolute atomic E-state index is 0.0489. The number of nitrogens with zero attached hydrogens (tertiary/aromatic N) is 4. The quantitative estimate of drug-likeness (QED) is 0.749. The molecule has 3 aliphatic rings. The van der Waals surface area contributed by atoms with Crippen molar-refractivity contribution in [1.82, 2.24) is 9.97 Å². The number of fused-ring (bicyclic) bond motifs is 3. The molecule has 0 N–H and O–H groups in total. The van der Waals surface area contributed by atoms with Crippen molar-refractivity contribution < 1.29 is 17.9 Å². The fourth-order valence-electron chi connectivity index (χ4n) is 3.87. The van der Waals surface area contributed by atoms with Gasteiger partial charge in [-0.2, -0.15) is 0 Å². The van der Waals surface area contributed by atoms with Gasteiger partial charge in [-0.3, -0.25) is 4.79 Å². The number of morpholine rings is 1. The molecule has 1 aliphatic carbocycles. The average molecular weight is 414 g/mol. The lowest BCUT2D eigenvalue weighted by molar-refractivity contribution is -0.122. The van der Waals surface area contributed by atoms with Gasteiger partial charge in [0.2, 0.25) is 0 Å². The molecular formula is C20H22N4O4S. The molecule has 2 aliphatic heterocycles. The van der Waals surface area contributed by atoms with Gasteiger partial charge >= 0.3 is 0 Å². The van der Waals surface area contributed by atoms with Crippen LogP contribution in [-0.4, -0.2) is 56.3 Å². The highest BCUT2D eigenvalue weighted by Gasteiger charge is 2.42. The number of ether oxygens (including phenoxy) is 1. The topological polar surface area (TPSA) is 92.7 Å². The standard InChI is InChI=1S/C20H22N4O4S/c1-29(26,27)15-6-2-13(3-7-15)11-24-16-10-21-18(14-4-5-14)22-19(16)23-8-9-28-12-17(23)20(24)25/h2-3,6-7,10,14,17H,4-5,8-9,11-12H2,1H3. The fourth-order valence-corrected chi connectivity index (χ4v) is 4.50. The molecule has 1 saturated heterocycles. The van der Waals surface area contributed by atoms with Crippen LogP contribution in [0.15, 0.2) is 35.4 Å². The Labute approximate surface area is 169 Å². The largest absolute Gasteiger partial charge is 0.377 e. The zero-order valence-electron chi connectivity index (χ0n) is 16.1. The Hall–Kier alpha value is -2.52. The Kier molecular flexibility index (Phi) is 4.32. The summed E-state index contributed by atoms with van der Waals surface area (Å²) in [6, 6.07) is 6.23. The van der Waals surface area contributed by atoms with Crippen molar-refractivity contribution in [2.75, 3.05) is 35.8 Å². The van der Waals surface area contributed by atoms with E-state index in [0.29, 0.717) is 37.9 Å². The van der Waals surface area contributed by atoms with E-state index >= 15 is 0 Å². The maximum Gasteiger partial charge on any atom is 0.252 e. The maximum absolute atomic E-state index is 13.2. The van der Waals surface area contributed by atoms with E-state index in [-0.39, 0.29) is 10.8 Å². The third-order valence-corrected chi connectivity index (χ3v) is 6.77. The SMILES string of the molecule is CS(=O)(=O)c1ccc(CN2C(=O)C3COCCN3c3nc(C4CC4)ncc32)cc1. The molecule has 1 amide bonds. The molecule has 5 rings (SSSR count). The van der Waals surface area contributed by atoms with Crippen LogP contribution in [0.2, 0.25) is 0 Å². The molecule has 1 atom stereocenters. The Morgan fingerprint density at radius 2 is 1.97 bits per heavy atom. The van der Waals surface area contributed by atoms with Crippen LogP contribution in [0.3, 0.4) is 0 Å². The zero-order valence-corrected chi connectivity index (χ0v) is 16.9. The molecule has 152 valence electrons. The Bertz CT molecular complexity index is 1070. The van der Waals surface area contributed by atoms with Crippen LogP contribution < -0.4 is 9.80 Å². The van der Waals surface area contributed by atoms with Crippen LogP contribution in [0, 0.1) is 0 Å². The first kappa shape index (κ1) is 18.5. The summed E-state index contributed by atoms with van der Waals surface area (Å²) in [6.07, 6.45) is 5.16. The second-order valence-corrected chi connectivity index (χ2v) is 9.85.